The Labute approximate surface area is 235 Å². The maximum absolute atomic E-state index is 12.1. The molecule has 0 unspecified atom stereocenters. The Kier molecular flexibility index (Phi) is 10.3. The second-order valence-corrected chi connectivity index (χ2v) is 10.8. The zero-order valence-corrected chi connectivity index (χ0v) is 23.7. The summed E-state index contributed by atoms with van der Waals surface area (Å²) in [5.74, 6) is 0.718. The van der Waals surface area contributed by atoms with Gasteiger partial charge in [-0.15, -0.1) is 5.10 Å². The highest BCUT2D eigenvalue weighted by molar-refractivity contribution is 7.86. The molecule has 0 aliphatic heterocycles. The molecular weight excluding hydrogens is 532 g/mol. The molecule has 0 saturated carbocycles. The van der Waals surface area contributed by atoms with Gasteiger partial charge in [-0.05, 0) is 55.5 Å². The second-order valence-electron chi connectivity index (χ2n) is 9.15. The summed E-state index contributed by atoms with van der Waals surface area (Å²) in [5, 5.41) is 8.54. The lowest BCUT2D eigenvalue weighted by Crippen LogP contribution is -2.14. The van der Waals surface area contributed by atoms with Crippen LogP contribution in [0.4, 0.5) is 5.69 Å². The van der Waals surface area contributed by atoms with Gasteiger partial charge in [0.25, 0.3) is 10.1 Å². The number of rotatable bonds is 15. The number of aromatic nitrogens is 3. The molecule has 4 aromatic rings. The fourth-order valence-electron chi connectivity index (χ4n) is 3.66. The summed E-state index contributed by atoms with van der Waals surface area (Å²) in [6.07, 6.45) is 1.89. The Bertz CT molecular complexity index is 1440. The lowest BCUT2D eigenvalue weighted by Gasteiger charge is -2.11. The van der Waals surface area contributed by atoms with Gasteiger partial charge < -0.3 is 19.1 Å². The van der Waals surface area contributed by atoms with Gasteiger partial charge in [0.1, 0.15) is 18.1 Å². The molecule has 10 nitrogen and oxygen atoms in total. The summed E-state index contributed by atoms with van der Waals surface area (Å²) in [7, 11) is 0.236. The molecule has 0 radical (unpaired) electrons. The van der Waals surface area contributed by atoms with Gasteiger partial charge >= 0.3 is 0 Å². The molecule has 0 amide bonds. The fraction of sp³-hybridized carbons (Fsp3) is 0.310. The first-order valence-corrected chi connectivity index (χ1v) is 14.3. The number of nitrogens with zero attached hydrogens (tertiary/aromatic N) is 4. The molecular formula is C29H34N4O6S. The number of hydrogen-bond acceptors (Lipinski definition) is 9. The molecule has 0 bridgehead atoms. The van der Waals surface area contributed by atoms with E-state index in [1.54, 1.807) is 16.8 Å². The molecule has 11 heteroatoms. The predicted molar refractivity (Wildman–Crippen MR) is 153 cm³/mol. The monoisotopic (exact) mass is 566 g/mol. The van der Waals surface area contributed by atoms with E-state index in [1.807, 2.05) is 63.6 Å². The molecule has 1 heterocycles. The van der Waals surface area contributed by atoms with Crippen LogP contribution in [-0.2, 0) is 23.8 Å². The quantitative estimate of drug-likeness (QED) is 0.155. The van der Waals surface area contributed by atoms with E-state index in [0.717, 1.165) is 33.9 Å². The van der Waals surface area contributed by atoms with Crippen LogP contribution in [-0.4, -0.2) is 77.1 Å². The minimum atomic E-state index is -3.78. The van der Waals surface area contributed by atoms with Gasteiger partial charge in [-0.3, -0.25) is 4.18 Å². The van der Waals surface area contributed by atoms with Gasteiger partial charge in [-0.1, -0.05) is 35.0 Å². The average Bonchev–Trinajstić information content (AvgIpc) is 3.45. The van der Waals surface area contributed by atoms with Crippen LogP contribution in [0.5, 0.6) is 5.75 Å². The Morgan fingerprint density at radius 3 is 2.05 bits per heavy atom. The van der Waals surface area contributed by atoms with Gasteiger partial charge in [0.2, 0.25) is 0 Å². The summed E-state index contributed by atoms with van der Waals surface area (Å²) in [4.78, 5) is 2.18. The van der Waals surface area contributed by atoms with E-state index in [0.29, 0.717) is 26.4 Å². The van der Waals surface area contributed by atoms with Crippen LogP contribution in [0.2, 0.25) is 0 Å². The third-order valence-corrected chi connectivity index (χ3v) is 7.24. The van der Waals surface area contributed by atoms with Crippen LogP contribution in [0.3, 0.4) is 0 Å². The van der Waals surface area contributed by atoms with Crippen LogP contribution < -0.4 is 9.64 Å². The minimum absolute atomic E-state index is 0.0604. The Morgan fingerprint density at radius 1 is 0.775 bits per heavy atom. The molecule has 3 aromatic carbocycles. The first-order valence-electron chi connectivity index (χ1n) is 12.9. The number of ether oxygens (including phenoxy) is 3. The molecule has 0 N–H and O–H groups in total. The van der Waals surface area contributed by atoms with E-state index in [9.17, 15) is 8.42 Å². The smallest absolute Gasteiger partial charge is 0.297 e. The topological polar surface area (TPSA) is 105 Å². The Morgan fingerprint density at radius 2 is 1.40 bits per heavy atom. The molecule has 40 heavy (non-hydrogen) atoms. The third-order valence-electron chi connectivity index (χ3n) is 5.92. The zero-order valence-electron chi connectivity index (χ0n) is 22.9. The van der Waals surface area contributed by atoms with E-state index in [4.69, 9.17) is 18.4 Å². The molecule has 0 aliphatic rings. The first-order chi connectivity index (χ1) is 19.3. The van der Waals surface area contributed by atoms with E-state index in [1.165, 1.54) is 12.1 Å². The van der Waals surface area contributed by atoms with Crippen LogP contribution in [0.1, 0.15) is 5.56 Å². The molecule has 0 fully saturated rings. The number of hydrogen-bond donors (Lipinski definition) is 0. The fourth-order valence-corrected chi connectivity index (χ4v) is 4.56. The lowest BCUT2D eigenvalue weighted by atomic mass is 10.1. The van der Waals surface area contributed by atoms with Crippen molar-refractivity contribution in [3.05, 3.63) is 84.6 Å². The van der Waals surface area contributed by atoms with Gasteiger partial charge in [-0.2, -0.15) is 8.42 Å². The van der Waals surface area contributed by atoms with Crippen molar-refractivity contribution in [3.8, 4) is 22.7 Å². The van der Waals surface area contributed by atoms with E-state index in [-0.39, 0.29) is 18.1 Å². The Hall–Kier alpha value is -3.77. The lowest BCUT2D eigenvalue weighted by molar-refractivity contribution is 0.0279. The van der Waals surface area contributed by atoms with Crippen molar-refractivity contribution in [1.29, 1.82) is 0 Å². The summed E-state index contributed by atoms with van der Waals surface area (Å²) < 4.78 is 47.6. The summed E-state index contributed by atoms with van der Waals surface area (Å²) >= 11 is 0. The minimum Gasteiger partial charge on any atom is -0.491 e. The van der Waals surface area contributed by atoms with Crippen LogP contribution >= 0.6 is 0 Å². The largest absolute Gasteiger partial charge is 0.491 e. The van der Waals surface area contributed by atoms with Crippen molar-refractivity contribution in [3.63, 3.8) is 0 Å². The molecule has 0 atom stereocenters. The normalized spacial score (nSPS) is 11.5. The van der Waals surface area contributed by atoms with Crippen molar-refractivity contribution in [2.24, 2.45) is 0 Å². The van der Waals surface area contributed by atoms with Crippen molar-refractivity contribution in [1.82, 2.24) is 15.0 Å². The zero-order chi connectivity index (χ0) is 28.4. The van der Waals surface area contributed by atoms with Crippen molar-refractivity contribution in [2.45, 2.75) is 11.8 Å². The maximum Gasteiger partial charge on any atom is 0.297 e. The van der Waals surface area contributed by atoms with E-state index >= 15 is 0 Å². The van der Waals surface area contributed by atoms with Crippen molar-refractivity contribution >= 4 is 15.8 Å². The second kappa shape index (κ2) is 14.0. The highest BCUT2D eigenvalue weighted by atomic mass is 32.2. The molecule has 212 valence electrons. The van der Waals surface area contributed by atoms with Crippen molar-refractivity contribution < 1.29 is 26.8 Å². The van der Waals surface area contributed by atoms with Gasteiger partial charge in [0.15, 0.2) is 0 Å². The van der Waals surface area contributed by atoms with Crippen LogP contribution in [0, 0.1) is 6.92 Å². The van der Waals surface area contributed by atoms with Gasteiger partial charge in [0.05, 0.1) is 49.8 Å². The number of anilines is 1. The van der Waals surface area contributed by atoms with Crippen molar-refractivity contribution in [2.75, 3.05) is 58.6 Å². The van der Waals surface area contributed by atoms with Crippen LogP contribution in [0.15, 0.2) is 83.9 Å². The maximum atomic E-state index is 12.1. The molecule has 1 aromatic heterocycles. The third kappa shape index (κ3) is 8.36. The van der Waals surface area contributed by atoms with E-state index < -0.39 is 10.1 Å². The first kappa shape index (κ1) is 29.2. The molecule has 0 aliphatic carbocycles. The summed E-state index contributed by atoms with van der Waals surface area (Å²) in [6.45, 7) is 3.43. The van der Waals surface area contributed by atoms with E-state index in [2.05, 4.69) is 27.3 Å². The van der Waals surface area contributed by atoms with Crippen LogP contribution in [0.25, 0.3) is 16.9 Å². The Balaban J connectivity index is 1.09. The van der Waals surface area contributed by atoms with Gasteiger partial charge in [-0.25, -0.2) is 4.68 Å². The number of benzene rings is 3. The highest BCUT2D eigenvalue weighted by Gasteiger charge is 2.14. The summed E-state index contributed by atoms with van der Waals surface area (Å²) in [6, 6.07) is 22.2. The SMILES string of the molecule is Cc1ccc(S(=O)(=O)OCCOCCOCCOc2ccc(-n3cc(-c4ccc(N(C)C)cc4)nn3)cc2)cc1. The molecule has 0 spiro atoms. The molecule has 0 saturated heterocycles. The highest BCUT2D eigenvalue weighted by Crippen LogP contribution is 2.22. The standard InChI is InChI=1S/C29H34N4O6S/c1-23-4-14-28(15-5-23)40(34,35)39-21-19-37-17-16-36-18-20-38-27-12-10-26(11-13-27)33-22-29(30-31-33)24-6-8-25(9-7-24)32(2)3/h4-15,22H,16-21H2,1-3H3. The summed E-state index contributed by atoms with van der Waals surface area (Å²) in [5.41, 5.74) is 4.78. The average molecular weight is 567 g/mol. The van der Waals surface area contributed by atoms with Gasteiger partial charge in [0, 0.05) is 25.3 Å². The number of aryl methyl sites for hydroxylation is 1. The predicted octanol–water partition coefficient (Wildman–Crippen LogP) is 4.13. The molecule has 4 rings (SSSR count).